The Hall–Kier alpha value is -0.620. The molecule has 0 aliphatic rings. The summed E-state index contributed by atoms with van der Waals surface area (Å²) in [4.78, 5) is 11.4. The minimum Gasteiger partial charge on any atom is -0.460 e. The van der Waals surface area contributed by atoms with Crippen molar-refractivity contribution in [1.29, 1.82) is 0 Å². The summed E-state index contributed by atoms with van der Waals surface area (Å²) in [7, 11) is 0. The molecule has 0 heterocycles. The summed E-state index contributed by atoms with van der Waals surface area (Å²) in [5.41, 5.74) is 6.59. The second kappa shape index (κ2) is 6.79. The van der Waals surface area contributed by atoms with E-state index in [4.69, 9.17) is 10.5 Å². The van der Waals surface area contributed by atoms with Gasteiger partial charge in [-0.3, -0.25) is 4.79 Å². The maximum absolute atomic E-state index is 11.4. The molecule has 3 nitrogen and oxygen atoms in total. The van der Waals surface area contributed by atoms with Gasteiger partial charge in [-0.25, -0.2) is 0 Å². The molecule has 1 rings (SSSR count). The first-order valence-corrected chi connectivity index (χ1v) is 6.28. The number of nitrogens with two attached hydrogens (primary N) is 1. The number of alkyl halides is 1. The highest BCUT2D eigenvalue weighted by Crippen LogP contribution is 2.03. The number of hydrogen-bond donors (Lipinski definition) is 1. The first-order chi connectivity index (χ1) is 7.24. The van der Waals surface area contributed by atoms with Crippen LogP contribution in [-0.2, 0) is 16.1 Å². The molecular formula is C11H14INO2. The summed E-state index contributed by atoms with van der Waals surface area (Å²) in [5, 5.41) is 0. The van der Waals surface area contributed by atoms with E-state index in [9.17, 15) is 4.79 Å². The van der Waals surface area contributed by atoms with Gasteiger partial charge in [0, 0.05) is 4.43 Å². The van der Waals surface area contributed by atoms with E-state index in [0.29, 0.717) is 13.0 Å². The summed E-state index contributed by atoms with van der Waals surface area (Å²) >= 11 is 2.19. The van der Waals surface area contributed by atoms with Crippen LogP contribution in [0.5, 0.6) is 0 Å². The van der Waals surface area contributed by atoms with Gasteiger partial charge in [-0.05, 0) is 12.0 Å². The summed E-state index contributed by atoms with van der Waals surface area (Å²) in [5.74, 6) is -0.324. The van der Waals surface area contributed by atoms with Crippen LogP contribution in [0.2, 0.25) is 0 Å². The predicted molar refractivity (Wildman–Crippen MR) is 67.7 cm³/mol. The van der Waals surface area contributed by atoms with Crippen LogP contribution >= 0.6 is 22.6 Å². The van der Waals surface area contributed by atoms with Gasteiger partial charge in [-0.15, -0.1) is 0 Å². The third kappa shape index (κ3) is 4.61. The van der Waals surface area contributed by atoms with E-state index < -0.39 is 6.04 Å². The molecule has 0 fully saturated rings. The van der Waals surface area contributed by atoms with Crippen LogP contribution in [0.25, 0.3) is 0 Å². The average Bonchev–Trinajstić information content (AvgIpc) is 2.27. The summed E-state index contributed by atoms with van der Waals surface area (Å²) in [6, 6.07) is 9.08. The number of halogens is 1. The second-order valence-electron chi connectivity index (χ2n) is 3.18. The second-order valence-corrected chi connectivity index (χ2v) is 4.26. The van der Waals surface area contributed by atoms with Crippen LogP contribution in [0.4, 0.5) is 0 Å². The van der Waals surface area contributed by atoms with E-state index in [-0.39, 0.29) is 5.97 Å². The molecule has 1 atom stereocenters. The number of hydrogen-bond acceptors (Lipinski definition) is 3. The van der Waals surface area contributed by atoms with Crippen LogP contribution in [0.15, 0.2) is 30.3 Å². The van der Waals surface area contributed by atoms with Gasteiger partial charge < -0.3 is 10.5 Å². The molecule has 0 amide bonds. The van der Waals surface area contributed by atoms with Crippen molar-refractivity contribution in [2.24, 2.45) is 5.73 Å². The van der Waals surface area contributed by atoms with Gasteiger partial charge in [-0.2, -0.15) is 0 Å². The van der Waals surface area contributed by atoms with E-state index in [1.165, 1.54) is 0 Å². The molecule has 82 valence electrons. The van der Waals surface area contributed by atoms with Crippen molar-refractivity contribution >= 4 is 28.6 Å². The molecule has 1 unspecified atom stereocenters. The van der Waals surface area contributed by atoms with Gasteiger partial charge in [-0.1, -0.05) is 52.9 Å². The van der Waals surface area contributed by atoms with Crippen LogP contribution in [0.1, 0.15) is 12.0 Å². The maximum atomic E-state index is 11.4. The van der Waals surface area contributed by atoms with Crippen LogP contribution in [0, 0.1) is 0 Å². The van der Waals surface area contributed by atoms with Crippen molar-refractivity contribution in [2.75, 3.05) is 4.43 Å². The molecule has 0 aromatic heterocycles. The summed E-state index contributed by atoms with van der Waals surface area (Å²) in [6.45, 7) is 0.300. The van der Waals surface area contributed by atoms with Gasteiger partial charge in [0.15, 0.2) is 0 Å². The molecular weight excluding hydrogens is 305 g/mol. The van der Waals surface area contributed by atoms with E-state index in [1.807, 2.05) is 30.3 Å². The Morgan fingerprint density at radius 1 is 1.40 bits per heavy atom. The molecule has 0 bridgehead atoms. The van der Waals surface area contributed by atoms with Crippen molar-refractivity contribution in [3.8, 4) is 0 Å². The Kier molecular flexibility index (Phi) is 5.63. The van der Waals surface area contributed by atoms with E-state index in [1.54, 1.807) is 0 Å². The lowest BCUT2D eigenvalue weighted by atomic mass is 10.2. The predicted octanol–water partition coefficient (Wildman–Crippen LogP) is 1.88. The zero-order valence-corrected chi connectivity index (χ0v) is 10.5. The highest BCUT2D eigenvalue weighted by molar-refractivity contribution is 14.1. The lowest BCUT2D eigenvalue weighted by Gasteiger charge is -2.09. The Morgan fingerprint density at radius 3 is 2.67 bits per heavy atom. The largest absolute Gasteiger partial charge is 0.460 e. The highest BCUT2D eigenvalue weighted by atomic mass is 127. The minimum absolute atomic E-state index is 0.300. The molecule has 0 saturated heterocycles. The number of carbonyl (C=O) groups excluding carboxylic acids is 1. The van der Waals surface area contributed by atoms with Crippen molar-refractivity contribution in [3.05, 3.63) is 35.9 Å². The van der Waals surface area contributed by atoms with Gasteiger partial charge in [0.25, 0.3) is 0 Å². The number of carbonyl (C=O) groups is 1. The van der Waals surface area contributed by atoms with Gasteiger partial charge in [0.05, 0.1) is 0 Å². The van der Waals surface area contributed by atoms with Gasteiger partial charge >= 0.3 is 5.97 Å². The highest BCUT2D eigenvalue weighted by Gasteiger charge is 2.13. The van der Waals surface area contributed by atoms with E-state index in [2.05, 4.69) is 22.6 Å². The standard InChI is InChI=1S/C11H14INO2/c12-7-6-10(13)11(14)15-8-9-4-2-1-3-5-9/h1-5,10H,6-8,13H2. The summed E-state index contributed by atoms with van der Waals surface area (Å²) < 4.78 is 5.94. The summed E-state index contributed by atoms with van der Waals surface area (Å²) in [6.07, 6.45) is 0.661. The minimum atomic E-state index is -0.495. The van der Waals surface area contributed by atoms with Crippen LogP contribution < -0.4 is 5.73 Å². The quantitative estimate of drug-likeness (QED) is 0.512. The molecule has 0 aliphatic heterocycles. The first kappa shape index (κ1) is 12.4. The normalized spacial score (nSPS) is 12.1. The fraction of sp³-hybridized carbons (Fsp3) is 0.364. The lowest BCUT2D eigenvalue weighted by molar-refractivity contribution is -0.146. The molecule has 0 saturated carbocycles. The lowest BCUT2D eigenvalue weighted by Crippen LogP contribution is -2.32. The third-order valence-corrected chi connectivity index (χ3v) is 2.57. The Labute approximate surface area is 103 Å². The Balaban J connectivity index is 2.34. The van der Waals surface area contributed by atoms with Crippen molar-refractivity contribution in [1.82, 2.24) is 0 Å². The Morgan fingerprint density at radius 2 is 2.07 bits per heavy atom. The molecule has 2 N–H and O–H groups in total. The molecule has 0 aliphatic carbocycles. The monoisotopic (exact) mass is 319 g/mol. The topological polar surface area (TPSA) is 52.3 Å². The SMILES string of the molecule is NC(CCI)C(=O)OCc1ccccc1. The molecule has 15 heavy (non-hydrogen) atoms. The maximum Gasteiger partial charge on any atom is 0.323 e. The molecule has 0 radical (unpaired) electrons. The number of rotatable bonds is 5. The van der Waals surface area contributed by atoms with E-state index >= 15 is 0 Å². The molecule has 4 heteroatoms. The number of ether oxygens (including phenoxy) is 1. The fourth-order valence-corrected chi connectivity index (χ4v) is 1.74. The average molecular weight is 319 g/mol. The van der Waals surface area contributed by atoms with Crippen LogP contribution in [-0.4, -0.2) is 16.4 Å². The first-order valence-electron chi connectivity index (χ1n) is 4.76. The van der Waals surface area contributed by atoms with Crippen molar-refractivity contribution in [3.63, 3.8) is 0 Å². The van der Waals surface area contributed by atoms with E-state index in [0.717, 1.165) is 9.99 Å². The van der Waals surface area contributed by atoms with Gasteiger partial charge in [0.2, 0.25) is 0 Å². The number of benzene rings is 1. The van der Waals surface area contributed by atoms with Crippen molar-refractivity contribution in [2.45, 2.75) is 19.1 Å². The smallest absolute Gasteiger partial charge is 0.323 e. The zero-order chi connectivity index (χ0) is 11.1. The zero-order valence-electron chi connectivity index (χ0n) is 8.36. The molecule has 1 aromatic carbocycles. The fourth-order valence-electron chi connectivity index (χ4n) is 1.07. The molecule has 0 spiro atoms. The van der Waals surface area contributed by atoms with Crippen LogP contribution in [0.3, 0.4) is 0 Å². The molecule has 1 aromatic rings. The number of esters is 1. The third-order valence-electron chi connectivity index (χ3n) is 1.95. The Bertz CT molecular complexity index is 303. The van der Waals surface area contributed by atoms with Gasteiger partial charge in [0.1, 0.15) is 12.6 Å². The van der Waals surface area contributed by atoms with Crippen molar-refractivity contribution < 1.29 is 9.53 Å².